The molecule has 41 heavy (non-hydrogen) atoms. The Balaban J connectivity index is 1.92. The molecule has 9 nitrogen and oxygen atoms in total. The predicted molar refractivity (Wildman–Crippen MR) is 160 cm³/mol. The molecule has 3 aromatic carbocycles. The summed E-state index contributed by atoms with van der Waals surface area (Å²) >= 11 is 0. The van der Waals surface area contributed by atoms with Gasteiger partial charge in [0, 0.05) is 30.8 Å². The first kappa shape index (κ1) is 29.7. The Morgan fingerprint density at radius 3 is 2.20 bits per heavy atom. The van der Waals surface area contributed by atoms with Crippen LogP contribution in [0.5, 0.6) is 0 Å². The highest BCUT2D eigenvalue weighted by molar-refractivity contribution is 5.98. The van der Waals surface area contributed by atoms with Gasteiger partial charge in [0.1, 0.15) is 17.3 Å². The van der Waals surface area contributed by atoms with Crippen LogP contribution >= 0.6 is 0 Å². The van der Waals surface area contributed by atoms with Gasteiger partial charge in [-0.05, 0) is 70.0 Å². The van der Waals surface area contributed by atoms with Crippen LogP contribution in [0.2, 0.25) is 0 Å². The number of carbonyl (C=O) groups is 2. The third-order valence-corrected chi connectivity index (χ3v) is 6.37. The molecule has 0 radical (unpaired) electrons. The van der Waals surface area contributed by atoms with E-state index in [9.17, 15) is 14.9 Å². The fraction of sp³-hybridized carbons (Fsp3) is 0.406. The fourth-order valence-electron chi connectivity index (χ4n) is 4.69. The molecule has 1 saturated heterocycles. The topological polar surface area (TPSA) is 113 Å². The average Bonchev–Trinajstić information content (AvgIpc) is 2.90. The van der Waals surface area contributed by atoms with Crippen LogP contribution in [0.25, 0.3) is 21.9 Å². The summed E-state index contributed by atoms with van der Waals surface area (Å²) in [5.41, 5.74) is 1.98. The summed E-state index contributed by atoms with van der Waals surface area (Å²) in [7, 11) is 0. The van der Waals surface area contributed by atoms with Gasteiger partial charge < -0.3 is 24.4 Å². The molecular weight excluding hydrogens is 520 g/mol. The lowest BCUT2D eigenvalue weighted by Gasteiger charge is -2.32. The number of hydrogen-bond acceptors (Lipinski definition) is 7. The number of alkyl carbamates (subject to hydrolysis) is 1. The summed E-state index contributed by atoms with van der Waals surface area (Å²) in [6, 6.07) is 18.3. The molecule has 0 aliphatic carbocycles. The minimum atomic E-state index is -0.742. The lowest BCUT2D eigenvalue weighted by Crippen LogP contribution is -2.37. The third kappa shape index (κ3) is 7.68. The lowest BCUT2D eigenvalue weighted by molar-refractivity contribution is 0.0523. The molecule has 0 bridgehead atoms. The molecule has 0 atom stereocenters. The van der Waals surface area contributed by atoms with E-state index in [1.165, 1.54) is 0 Å². The third-order valence-electron chi connectivity index (χ3n) is 6.37. The highest BCUT2D eigenvalue weighted by atomic mass is 16.6. The zero-order valence-corrected chi connectivity index (χ0v) is 24.6. The molecule has 216 valence electrons. The highest BCUT2D eigenvalue weighted by Crippen LogP contribution is 2.40. The zero-order valence-electron chi connectivity index (χ0n) is 24.6. The Labute approximate surface area is 241 Å². The number of fused-ring (bicyclic) bond motifs is 1. The second-order valence-corrected chi connectivity index (χ2v) is 11.9. The van der Waals surface area contributed by atoms with Crippen molar-refractivity contribution < 1.29 is 23.8 Å². The summed E-state index contributed by atoms with van der Waals surface area (Å²) < 4.78 is 16.6. The first-order valence-corrected chi connectivity index (χ1v) is 13.7. The van der Waals surface area contributed by atoms with Crippen molar-refractivity contribution in [3.05, 3.63) is 59.7 Å². The maximum absolute atomic E-state index is 13.1. The average molecular weight is 559 g/mol. The smallest absolute Gasteiger partial charge is 0.412 e. The maximum atomic E-state index is 13.1. The number of nitriles is 1. The van der Waals surface area contributed by atoms with E-state index in [-0.39, 0.29) is 6.54 Å². The molecule has 0 spiro atoms. The van der Waals surface area contributed by atoms with E-state index in [1.54, 1.807) is 41.5 Å². The number of carbonyl (C=O) groups excluding carboxylic acids is 2. The Morgan fingerprint density at radius 1 is 0.927 bits per heavy atom. The van der Waals surface area contributed by atoms with Crippen molar-refractivity contribution in [1.29, 1.82) is 5.26 Å². The van der Waals surface area contributed by atoms with Crippen molar-refractivity contribution in [3.8, 4) is 17.2 Å². The van der Waals surface area contributed by atoms with Crippen LogP contribution in [0.4, 0.5) is 21.0 Å². The van der Waals surface area contributed by atoms with Gasteiger partial charge in [-0.25, -0.2) is 9.59 Å². The number of amides is 2. The molecule has 9 heteroatoms. The highest BCUT2D eigenvalue weighted by Gasteiger charge is 2.27. The van der Waals surface area contributed by atoms with Crippen molar-refractivity contribution in [1.82, 2.24) is 5.32 Å². The summed E-state index contributed by atoms with van der Waals surface area (Å²) in [6.07, 6.45) is -1.30. The van der Waals surface area contributed by atoms with Crippen molar-refractivity contribution >= 4 is 34.3 Å². The molecule has 1 heterocycles. The number of morpholine rings is 1. The molecule has 0 aromatic heterocycles. The van der Waals surface area contributed by atoms with E-state index in [0.29, 0.717) is 54.4 Å². The van der Waals surface area contributed by atoms with Crippen molar-refractivity contribution in [2.45, 2.75) is 59.3 Å². The maximum Gasteiger partial charge on any atom is 0.412 e. The summed E-state index contributed by atoms with van der Waals surface area (Å²) in [6.45, 7) is 12.9. The molecule has 1 fully saturated rings. The molecule has 3 aromatic rings. The minimum absolute atomic E-state index is 0.0539. The number of nitrogens with one attached hydrogen (secondary N) is 2. The van der Waals surface area contributed by atoms with Crippen molar-refractivity contribution in [2.24, 2.45) is 0 Å². The molecule has 2 amide bonds. The van der Waals surface area contributed by atoms with Gasteiger partial charge in [-0.2, -0.15) is 5.26 Å². The molecule has 4 rings (SSSR count). The van der Waals surface area contributed by atoms with E-state index in [4.69, 9.17) is 14.2 Å². The number of ether oxygens (including phenoxy) is 3. The van der Waals surface area contributed by atoms with Crippen LogP contribution < -0.4 is 15.5 Å². The number of hydrogen-bond donors (Lipinski definition) is 2. The van der Waals surface area contributed by atoms with E-state index < -0.39 is 23.4 Å². The Morgan fingerprint density at radius 2 is 1.56 bits per heavy atom. The zero-order chi connectivity index (χ0) is 29.8. The van der Waals surface area contributed by atoms with Crippen LogP contribution in [0, 0.1) is 11.3 Å². The predicted octanol–water partition coefficient (Wildman–Crippen LogP) is 6.59. The van der Waals surface area contributed by atoms with E-state index in [0.717, 1.165) is 16.3 Å². The summed E-state index contributed by atoms with van der Waals surface area (Å²) in [5.74, 6) is 0. The van der Waals surface area contributed by atoms with E-state index in [2.05, 4.69) is 21.6 Å². The first-order chi connectivity index (χ1) is 19.3. The van der Waals surface area contributed by atoms with Crippen molar-refractivity contribution in [3.63, 3.8) is 0 Å². The van der Waals surface area contributed by atoms with E-state index in [1.807, 2.05) is 48.5 Å². The number of rotatable bonds is 5. The van der Waals surface area contributed by atoms with Gasteiger partial charge >= 0.3 is 12.2 Å². The molecule has 0 unspecified atom stereocenters. The van der Waals surface area contributed by atoms with Crippen molar-refractivity contribution in [2.75, 3.05) is 36.5 Å². The summed E-state index contributed by atoms with van der Waals surface area (Å²) in [5, 5.41) is 18.2. The normalized spacial score (nSPS) is 13.8. The Hall–Kier alpha value is -4.29. The number of nitrogens with zero attached hydrogens (tertiary/aromatic N) is 2. The van der Waals surface area contributed by atoms with Crippen LogP contribution in [0.1, 0.15) is 52.7 Å². The van der Waals surface area contributed by atoms with Gasteiger partial charge in [0.25, 0.3) is 0 Å². The largest absolute Gasteiger partial charge is 0.444 e. The van der Waals surface area contributed by atoms with Gasteiger partial charge in [0.15, 0.2) is 0 Å². The Bertz CT molecular complexity index is 1470. The van der Waals surface area contributed by atoms with Gasteiger partial charge in [-0.15, -0.1) is 0 Å². The van der Waals surface area contributed by atoms with Crippen LogP contribution in [-0.4, -0.2) is 49.7 Å². The molecule has 2 N–H and O–H groups in total. The molecule has 1 aliphatic heterocycles. The second-order valence-electron chi connectivity index (χ2n) is 11.9. The monoisotopic (exact) mass is 558 g/mol. The van der Waals surface area contributed by atoms with Crippen LogP contribution in [-0.2, 0) is 20.8 Å². The lowest BCUT2D eigenvalue weighted by atomic mass is 9.92. The summed E-state index contributed by atoms with van der Waals surface area (Å²) in [4.78, 5) is 27.9. The van der Waals surface area contributed by atoms with E-state index >= 15 is 0 Å². The minimum Gasteiger partial charge on any atom is -0.444 e. The van der Waals surface area contributed by atoms with Gasteiger partial charge in [-0.1, -0.05) is 36.4 Å². The van der Waals surface area contributed by atoms with Crippen LogP contribution in [0.3, 0.4) is 0 Å². The van der Waals surface area contributed by atoms with Gasteiger partial charge in [0.2, 0.25) is 0 Å². The molecular formula is C32H38N4O5. The SMILES string of the molecule is CC(C)(C)OC(=O)NCc1c(C#N)c(N2CCOCC2)cc(-c2ccc3ccccc3c2)c1NC(=O)OC(C)(C)C. The van der Waals surface area contributed by atoms with Gasteiger partial charge in [0.05, 0.1) is 30.2 Å². The first-order valence-electron chi connectivity index (χ1n) is 13.7. The fourth-order valence-corrected chi connectivity index (χ4v) is 4.69. The van der Waals surface area contributed by atoms with Gasteiger partial charge in [-0.3, -0.25) is 5.32 Å². The Kier molecular flexibility index (Phi) is 8.74. The number of benzene rings is 3. The number of anilines is 2. The second kappa shape index (κ2) is 12.1. The molecule has 0 saturated carbocycles. The quantitative estimate of drug-likeness (QED) is 0.363. The molecule has 1 aliphatic rings. The standard InChI is InChI=1S/C32H38N4O5/c1-31(2,3)40-29(37)34-20-26-25(19-33)27(36-13-15-39-16-14-36)18-24(28(26)35-30(38)41-32(4,5)6)23-12-11-21-9-7-8-10-22(21)17-23/h7-12,17-18H,13-16,20H2,1-6H3,(H,34,37)(H,35,38). The van der Waals surface area contributed by atoms with Crippen LogP contribution in [0.15, 0.2) is 48.5 Å².